The third-order valence-corrected chi connectivity index (χ3v) is 4.65. The van der Waals surface area contributed by atoms with Gasteiger partial charge < -0.3 is 14.6 Å². The van der Waals surface area contributed by atoms with Crippen LogP contribution in [0.25, 0.3) is 0 Å². The number of hydrogen-bond acceptors (Lipinski definition) is 4. The summed E-state index contributed by atoms with van der Waals surface area (Å²) < 4.78 is 5.04. The Hall–Kier alpha value is -2.67. The van der Waals surface area contributed by atoms with E-state index in [1.807, 2.05) is 17.0 Å². The number of rotatable bonds is 3. The Morgan fingerprint density at radius 3 is 2.58 bits per heavy atom. The van der Waals surface area contributed by atoms with Crippen LogP contribution in [0.3, 0.4) is 0 Å². The van der Waals surface area contributed by atoms with E-state index in [4.69, 9.17) is 16.6 Å². The Morgan fingerprint density at radius 2 is 1.88 bits per heavy atom. The predicted octanol–water partition coefficient (Wildman–Crippen LogP) is 3.28. The summed E-state index contributed by atoms with van der Waals surface area (Å²) in [5.41, 5.74) is 1.11. The van der Waals surface area contributed by atoms with Crippen molar-refractivity contribution in [2.24, 2.45) is 5.92 Å². The molecule has 1 aliphatic rings. The molecule has 2 heterocycles. The molecular weight excluding hydrogens is 350 g/mol. The Bertz CT molecular complexity index is 796. The van der Waals surface area contributed by atoms with Crippen molar-refractivity contribution in [3.63, 3.8) is 0 Å². The molecule has 7 heteroatoms. The van der Waals surface area contributed by atoms with Gasteiger partial charge in [-0.05, 0) is 55.2 Å². The molecule has 2 amide bonds. The third-order valence-electron chi connectivity index (χ3n) is 4.45. The molecule has 26 heavy (non-hydrogen) atoms. The van der Waals surface area contributed by atoms with Crippen molar-refractivity contribution in [2.75, 3.05) is 18.4 Å². The number of benzene rings is 1. The van der Waals surface area contributed by atoms with E-state index >= 15 is 0 Å². The van der Waals surface area contributed by atoms with Crippen molar-refractivity contribution >= 4 is 34.8 Å². The fourth-order valence-corrected chi connectivity index (χ4v) is 3.09. The summed E-state index contributed by atoms with van der Waals surface area (Å²) in [6.45, 7) is 3.72. The predicted molar refractivity (Wildman–Crippen MR) is 103 cm³/mol. The second kappa shape index (κ2) is 8.14. The number of furan rings is 1. The number of thiocarbonyl (C=S) groups is 1. The van der Waals surface area contributed by atoms with Crippen LogP contribution in [0.4, 0.5) is 5.69 Å². The molecule has 2 aromatic rings. The number of nitrogens with zero attached hydrogens (tertiary/aromatic N) is 1. The van der Waals surface area contributed by atoms with Crippen molar-refractivity contribution < 1.29 is 14.0 Å². The van der Waals surface area contributed by atoms with Gasteiger partial charge in [-0.3, -0.25) is 14.9 Å². The Balaban J connectivity index is 1.68. The van der Waals surface area contributed by atoms with Gasteiger partial charge in [-0.2, -0.15) is 0 Å². The van der Waals surface area contributed by atoms with Gasteiger partial charge >= 0.3 is 0 Å². The molecule has 6 nitrogen and oxygen atoms in total. The maximum atomic E-state index is 12.9. The normalized spacial score (nSPS) is 14.7. The van der Waals surface area contributed by atoms with Crippen molar-refractivity contribution in [1.29, 1.82) is 0 Å². The van der Waals surface area contributed by atoms with Crippen LogP contribution in [-0.2, 0) is 0 Å². The van der Waals surface area contributed by atoms with Crippen molar-refractivity contribution in [3.05, 3.63) is 54.0 Å². The van der Waals surface area contributed by atoms with Crippen LogP contribution in [-0.4, -0.2) is 34.9 Å². The molecule has 136 valence electrons. The van der Waals surface area contributed by atoms with E-state index in [1.165, 1.54) is 6.26 Å². The van der Waals surface area contributed by atoms with Gasteiger partial charge in [-0.25, -0.2) is 0 Å². The molecule has 1 aromatic carbocycles. The van der Waals surface area contributed by atoms with Gasteiger partial charge in [0, 0.05) is 13.1 Å². The van der Waals surface area contributed by atoms with Gasteiger partial charge in [-0.1, -0.05) is 19.1 Å². The molecule has 3 rings (SSSR count). The summed E-state index contributed by atoms with van der Waals surface area (Å²) in [7, 11) is 0. The highest BCUT2D eigenvalue weighted by atomic mass is 32.1. The molecule has 0 bridgehead atoms. The van der Waals surface area contributed by atoms with Gasteiger partial charge in [0.1, 0.15) is 0 Å². The first-order valence-corrected chi connectivity index (χ1v) is 8.99. The van der Waals surface area contributed by atoms with Gasteiger partial charge in [0.25, 0.3) is 11.8 Å². The molecule has 0 aliphatic carbocycles. The van der Waals surface area contributed by atoms with Gasteiger partial charge in [0.2, 0.25) is 0 Å². The van der Waals surface area contributed by atoms with Crippen LogP contribution < -0.4 is 10.6 Å². The van der Waals surface area contributed by atoms with E-state index in [1.54, 1.807) is 24.3 Å². The second-order valence-corrected chi connectivity index (χ2v) is 6.81. The summed E-state index contributed by atoms with van der Waals surface area (Å²) in [5.74, 6) is 0.347. The standard InChI is InChI=1S/C19H21N3O3S/c1-13-8-10-22(11-9-13)18(24)14-5-2-3-6-15(14)20-19(26)21-17(23)16-7-4-12-25-16/h2-7,12-13H,8-11H2,1H3,(H2,20,21,23,26). The average molecular weight is 371 g/mol. The minimum Gasteiger partial charge on any atom is -0.459 e. The first-order valence-electron chi connectivity index (χ1n) is 8.58. The lowest BCUT2D eigenvalue weighted by atomic mass is 9.98. The number of piperidine rings is 1. The van der Waals surface area contributed by atoms with Crippen LogP contribution >= 0.6 is 12.2 Å². The van der Waals surface area contributed by atoms with Crippen LogP contribution in [0.15, 0.2) is 47.1 Å². The largest absolute Gasteiger partial charge is 0.459 e. The Labute approximate surface area is 157 Å². The number of para-hydroxylation sites is 1. The SMILES string of the molecule is CC1CCN(C(=O)c2ccccc2NC(=S)NC(=O)c2ccco2)CC1. The van der Waals surface area contributed by atoms with Crippen LogP contribution in [0.2, 0.25) is 0 Å². The second-order valence-electron chi connectivity index (χ2n) is 6.41. The van der Waals surface area contributed by atoms with Crippen LogP contribution in [0.1, 0.15) is 40.7 Å². The lowest BCUT2D eigenvalue weighted by Crippen LogP contribution is -2.39. The zero-order chi connectivity index (χ0) is 18.5. The third kappa shape index (κ3) is 4.29. The number of anilines is 1. The van der Waals surface area contributed by atoms with E-state index in [0.29, 0.717) is 17.2 Å². The van der Waals surface area contributed by atoms with E-state index in [2.05, 4.69) is 17.6 Å². The highest BCUT2D eigenvalue weighted by Gasteiger charge is 2.23. The van der Waals surface area contributed by atoms with Crippen LogP contribution in [0, 0.1) is 5.92 Å². The lowest BCUT2D eigenvalue weighted by Gasteiger charge is -2.30. The molecule has 0 unspecified atom stereocenters. The number of carbonyl (C=O) groups is 2. The zero-order valence-corrected chi connectivity index (χ0v) is 15.3. The summed E-state index contributed by atoms with van der Waals surface area (Å²) in [5, 5.41) is 5.60. The Morgan fingerprint density at radius 1 is 1.15 bits per heavy atom. The maximum Gasteiger partial charge on any atom is 0.293 e. The van der Waals surface area contributed by atoms with Crippen molar-refractivity contribution in [3.8, 4) is 0 Å². The average Bonchev–Trinajstić information content (AvgIpc) is 3.17. The summed E-state index contributed by atoms with van der Waals surface area (Å²) in [6.07, 6.45) is 3.44. The first kappa shape index (κ1) is 18.1. The van der Waals surface area contributed by atoms with Gasteiger partial charge in [0.15, 0.2) is 10.9 Å². The van der Waals surface area contributed by atoms with Crippen LogP contribution in [0.5, 0.6) is 0 Å². The van der Waals surface area contributed by atoms with E-state index < -0.39 is 5.91 Å². The number of likely N-dealkylation sites (tertiary alicyclic amines) is 1. The fourth-order valence-electron chi connectivity index (χ4n) is 2.89. The maximum absolute atomic E-state index is 12.9. The molecule has 0 saturated carbocycles. The van der Waals surface area contributed by atoms with Crippen molar-refractivity contribution in [1.82, 2.24) is 10.2 Å². The van der Waals surface area contributed by atoms with E-state index in [9.17, 15) is 9.59 Å². The quantitative estimate of drug-likeness (QED) is 0.810. The number of amides is 2. The molecule has 1 aliphatic heterocycles. The lowest BCUT2D eigenvalue weighted by molar-refractivity contribution is 0.0698. The number of hydrogen-bond donors (Lipinski definition) is 2. The Kier molecular flexibility index (Phi) is 5.68. The number of nitrogens with one attached hydrogen (secondary N) is 2. The van der Waals surface area contributed by atoms with Gasteiger partial charge in [-0.15, -0.1) is 0 Å². The highest BCUT2D eigenvalue weighted by molar-refractivity contribution is 7.80. The molecule has 0 spiro atoms. The molecule has 0 atom stereocenters. The monoisotopic (exact) mass is 371 g/mol. The summed E-state index contributed by atoms with van der Waals surface area (Å²) >= 11 is 5.19. The molecule has 1 aromatic heterocycles. The first-order chi connectivity index (χ1) is 12.5. The fraction of sp³-hybridized carbons (Fsp3) is 0.316. The van der Waals surface area contributed by atoms with Crippen molar-refractivity contribution in [2.45, 2.75) is 19.8 Å². The highest BCUT2D eigenvalue weighted by Crippen LogP contribution is 2.22. The minimum absolute atomic E-state index is 0.0276. The molecule has 0 radical (unpaired) electrons. The summed E-state index contributed by atoms with van der Waals surface area (Å²) in [4.78, 5) is 26.7. The van der Waals surface area contributed by atoms with E-state index in [-0.39, 0.29) is 16.8 Å². The molecule has 1 saturated heterocycles. The minimum atomic E-state index is -0.443. The molecule has 1 fully saturated rings. The van der Waals surface area contributed by atoms with E-state index in [0.717, 1.165) is 25.9 Å². The molecular formula is C19H21N3O3S. The number of carbonyl (C=O) groups excluding carboxylic acids is 2. The van der Waals surface area contributed by atoms with Gasteiger partial charge in [0.05, 0.1) is 17.5 Å². The smallest absolute Gasteiger partial charge is 0.293 e. The zero-order valence-electron chi connectivity index (χ0n) is 14.5. The summed E-state index contributed by atoms with van der Waals surface area (Å²) in [6, 6.07) is 10.3. The topological polar surface area (TPSA) is 74.6 Å². The molecule has 2 N–H and O–H groups in total.